The molecule has 2 unspecified atom stereocenters. The fourth-order valence-electron chi connectivity index (χ4n) is 0.889. The van der Waals surface area contributed by atoms with Crippen LogP contribution in [0.4, 0.5) is 0 Å². The predicted molar refractivity (Wildman–Crippen MR) is 45.6 cm³/mol. The zero-order valence-electron chi connectivity index (χ0n) is 7.78. The summed E-state index contributed by atoms with van der Waals surface area (Å²) in [7, 11) is 0. The van der Waals surface area contributed by atoms with Gasteiger partial charge < -0.3 is 11.5 Å². The normalized spacial score (nSPS) is 16.4. The van der Waals surface area contributed by atoms with Crippen LogP contribution in [0.1, 0.15) is 27.7 Å². The second-order valence-electron chi connectivity index (χ2n) is 3.64. The SMILES string of the molecule is CC(C)C(N)C(N)C(C)C.[Pt+2]. The molecule has 0 saturated carbocycles. The number of hydrogen-bond acceptors (Lipinski definition) is 2. The van der Waals surface area contributed by atoms with E-state index in [0.717, 1.165) is 0 Å². The van der Waals surface area contributed by atoms with Gasteiger partial charge in [-0.15, -0.1) is 0 Å². The van der Waals surface area contributed by atoms with E-state index >= 15 is 0 Å². The first-order chi connectivity index (χ1) is 4.46. The van der Waals surface area contributed by atoms with Gasteiger partial charge in [0.15, 0.2) is 0 Å². The van der Waals surface area contributed by atoms with Crippen LogP contribution in [0.2, 0.25) is 0 Å². The first kappa shape index (κ1) is 14.2. The molecular formula is C8H20N2Pt+2. The Morgan fingerprint density at radius 1 is 0.727 bits per heavy atom. The van der Waals surface area contributed by atoms with Crippen molar-refractivity contribution in [3.05, 3.63) is 0 Å². The predicted octanol–water partition coefficient (Wildman–Crippen LogP) is 0.950. The second kappa shape index (κ2) is 6.16. The van der Waals surface area contributed by atoms with Gasteiger partial charge in [-0.25, -0.2) is 0 Å². The average molecular weight is 339 g/mol. The van der Waals surface area contributed by atoms with Crippen molar-refractivity contribution in [3.63, 3.8) is 0 Å². The van der Waals surface area contributed by atoms with Crippen molar-refractivity contribution >= 4 is 0 Å². The van der Waals surface area contributed by atoms with E-state index in [1.807, 2.05) is 0 Å². The first-order valence-electron chi connectivity index (χ1n) is 3.98. The molecule has 0 aliphatic rings. The molecule has 0 heterocycles. The smallest absolute Gasteiger partial charge is 0.326 e. The molecule has 0 saturated heterocycles. The second-order valence-corrected chi connectivity index (χ2v) is 3.64. The van der Waals surface area contributed by atoms with Crippen LogP contribution in [0.5, 0.6) is 0 Å². The first-order valence-corrected chi connectivity index (χ1v) is 3.98. The summed E-state index contributed by atoms with van der Waals surface area (Å²) in [6.45, 7) is 8.42. The molecule has 0 spiro atoms. The maximum Gasteiger partial charge on any atom is 2.00 e. The summed E-state index contributed by atoms with van der Waals surface area (Å²) in [4.78, 5) is 0. The molecule has 4 N–H and O–H groups in total. The van der Waals surface area contributed by atoms with E-state index in [1.54, 1.807) is 0 Å². The summed E-state index contributed by atoms with van der Waals surface area (Å²) >= 11 is 0. The van der Waals surface area contributed by atoms with Gasteiger partial charge in [0.25, 0.3) is 0 Å². The molecule has 0 aliphatic heterocycles. The third-order valence-corrected chi connectivity index (χ3v) is 1.98. The molecule has 2 nitrogen and oxygen atoms in total. The zero-order valence-corrected chi connectivity index (χ0v) is 10.1. The molecule has 2 atom stereocenters. The van der Waals surface area contributed by atoms with E-state index in [-0.39, 0.29) is 33.1 Å². The molecule has 0 radical (unpaired) electrons. The molecule has 3 heteroatoms. The van der Waals surface area contributed by atoms with Crippen molar-refractivity contribution in [2.75, 3.05) is 0 Å². The molecule has 0 bridgehead atoms. The molecule has 0 aromatic carbocycles. The van der Waals surface area contributed by atoms with Crippen LogP contribution in [0.15, 0.2) is 0 Å². The standard InChI is InChI=1S/C8H20N2.Pt/c1-5(2)7(9)8(10)6(3)4;/h5-8H,9-10H2,1-4H3;/q;+2. The molecule has 0 aliphatic carbocycles. The molecule has 11 heavy (non-hydrogen) atoms. The van der Waals surface area contributed by atoms with E-state index in [0.29, 0.717) is 11.8 Å². The van der Waals surface area contributed by atoms with Crippen molar-refractivity contribution in [2.45, 2.75) is 39.8 Å². The Morgan fingerprint density at radius 2 is 0.909 bits per heavy atom. The minimum atomic E-state index is 0. The van der Waals surface area contributed by atoms with Crippen molar-refractivity contribution in [1.29, 1.82) is 0 Å². The van der Waals surface area contributed by atoms with E-state index < -0.39 is 0 Å². The maximum atomic E-state index is 5.84. The molecule has 0 aromatic rings. The van der Waals surface area contributed by atoms with Crippen LogP contribution >= 0.6 is 0 Å². The Kier molecular flexibility index (Phi) is 7.93. The number of rotatable bonds is 3. The fraction of sp³-hybridized carbons (Fsp3) is 1.00. The summed E-state index contributed by atoms with van der Waals surface area (Å²) in [5, 5.41) is 0. The van der Waals surface area contributed by atoms with Crippen molar-refractivity contribution in [1.82, 2.24) is 0 Å². The van der Waals surface area contributed by atoms with Crippen LogP contribution in [0.25, 0.3) is 0 Å². The van der Waals surface area contributed by atoms with Gasteiger partial charge in [-0.2, -0.15) is 0 Å². The molecule has 0 aromatic heterocycles. The molecular weight excluding hydrogens is 319 g/mol. The van der Waals surface area contributed by atoms with Crippen LogP contribution in [-0.2, 0) is 21.1 Å². The Morgan fingerprint density at radius 3 is 1.00 bits per heavy atom. The van der Waals surface area contributed by atoms with E-state index in [4.69, 9.17) is 11.5 Å². The van der Waals surface area contributed by atoms with Gasteiger partial charge in [0.1, 0.15) is 0 Å². The van der Waals surface area contributed by atoms with Crippen LogP contribution in [0.3, 0.4) is 0 Å². The van der Waals surface area contributed by atoms with Gasteiger partial charge in [0.2, 0.25) is 0 Å². The number of hydrogen-bond donors (Lipinski definition) is 2. The molecule has 0 rings (SSSR count). The Labute approximate surface area is 84.4 Å². The van der Waals surface area contributed by atoms with Gasteiger partial charge >= 0.3 is 21.1 Å². The van der Waals surface area contributed by atoms with Gasteiger partial charge in [-0.3, -0.25) is 0 Å². The summed E-state index contributed by atoms with van der Waals surface area (Å²) < 4.78 is 0. The van der Waals surface area contributed by atoms with Gasteiger partial charge in [-0.1, -0.05) is 27.7 Å². The zero-order chi connectivity index (χ0) is 8.31. The average Bonchev–Trinajstić information content (AvgIpc) is 1.84. The van der Waals surface area contributed by atoms with Crippen LogP contribution in [0, 0.1) is 11.8 Å². The van der Waals surface area contributed by atoms with Gasteiger partial charge in [0, 0.05) is 12.1 Å². The maximum absolute atomic E-state index is 5.84. The summed E-state index contributed by atoms with van der Waals surface area (Å²) in [6.07, 6.45) is 0. The molecule has 70 valence electrons. The van der Waals surface area contributed by atoms with E-state index in [2.05, 4.69) is 27.7 Å². The number of nitrogens with two attached hydrogens (primary N) is 2. The van der Waals surface area contributed by atoms with E-state index in [9.17, 15) is 0 Å². The topological polar surface area (TPSA) is 52.0 Å². The monoisotopic (exact) mass is 339 g/mol. The van der Waals surface area contributed by atoms with Crippen LogP contribution in [-0.4, -0.2) is 12.1 Å². The fourth-order valence-corrected chi connectivity index (χ4v) is 0.889. The van der Waals surface area contributed by atoms with Crippen LogP contribution < -0.4 is 11.5 Å². The largest absolute Gasteiger partial charge is 2.00 e. The Hall–Kier alpha value is 0.608. The quantitative estimate of drug-likeness (QED) is 0.804. The van der Waals surface area contributed by atoms with Crippen molar-refractivity contribution in [2.24, 2.45) is 23.3 Å². The Balaban J connectivity index is 0. The van der Waals surface area contributed by atoms with Gasteiger partial charge in [-0.05, 0) is 11.8 Å². The van der Waals surface area contributed by atoms with Gasteiger partial charge in [0.05, 0.1) is 0 Å². The minimum Gasteiger partial charge on any atom is -0.326 e. The van der Waals surface area contributed by atoms with E-state index in [1.165, 1.54) is 0 Å². The van der Waals surface area contributed by atoms with Crippen molar-refractivity contribution in [3.8, 4) is 0 Å². The minimum absolute atomic E-state index is 0. The molecule has 0 amide bonds. The molecule has 0 fully saturated rings. The van der Waals surface area contributed by atoms with Crippen molar-refractivity contribution < 1.29 is 21.1 Å². The third kappa shape index (κ3) is 4.95. The third-order valence-electron chi connectivity index (χ3n) is 1.98. The summed E-state index contributed by atoms with van der Waals surface area (Å²) in [5.41, 5.74) is 11.7. The Bertz CT molecular complexity index is 82.1. The summed E-state index contributed by atoms with van der Waals surface area (Å²) in [6, 6.07) is 0.278. The summed E-state index contributed by atoms with van der Waals surface area (Å²) in [5.74, 6) is 0.967.